The molecule has 22 atom stereocenters. The Hall–Kier alpha value is -2.90. The van der Waals surface area contributed by atoms with Crippen LogP contribution in [0.25, 0.3) is 0 Å². The van der Waals surface area contributed by atoms with E-state index in [1.807, 2.05) is 0 Å². The molecular weight excluding hydrogens is 1040 g/mol. The first kappa shape index (κ1) is 63.1. The number of carboxylic acid groups (broad SMARTS) is 1. The highest BCUT2D eigenvalue weighted by Crippen LogP contribution is 2.75. The van der Waals surface area contributed by atoms with Crippen molar-refractivity contribution in [2.24, 2.45) is 55.4 Å². The molecule has 8 rings (SSSR count). The van der Waals surface area contributed by atoms with Gasteiger partial charge in [0.2, 0.25) is 12.2 Å². The molecule has 4 saturated carbocycles. The summed E-state index contributed by atoms with van der Waals surface area (Å²) in [6, 6.07) is -1.35. The molecule has 5 aliphatic carbocycles. The van der Waals surface area contributed by atoms with Gasteiger partial charge in [-0.2, -0.15) is 0 Å². The van der Waals surface area contributed by atoms with Gasteiger partial charge in [0.05, 0.1) is 37.2 Å². The highest BCUT2D eigenvalue weighted by Gasteiger charge is 2.72. The number of unbranched alkanes of at least 4 members (excludes halogenated alkanes) is 7. The summed E-state index contributed by atoms with van der Waals surface area (Å²) in [6.07, 6.45) is -7.54. The largest absolute Gasteiger partial charge is 0.481 e. The van der Waals surface area contributed by atoms with Gasteiger partial charge < -0.3 is 84.9 Å². The van der Waals surface area contributed by atoms with Crippen molar-refractivity contribution in [2.75, 3.05) is 13.2 Å². The van der Waals surface area contributed by atoms with Gasteiger partial charge in [-0.15, -0.1) is 0 Å². The zero-order valence-electron chi connectivity index (χ0n) is 48.4. The van der Waals surface area contributed by atoms with E-state index in [1.165, 1.54) is 6.92 Å². The van der Waals surface area contributed by atoms with Crippen molar-refractivity contribution in [3.05, 3.63) is 11.6 Å². The second-order valence-corrected chi connectivity index (χ2v) is 27.3. The van der Waals surface area contributed by atoms with Gasteiger partial charge in [0.15, 0.2) is 18.7 Å². The Labute approximate surface area is 471 Å². The van der Waals surface area contributed by atoms with E-state index >= 15 is 4.79 Å². The fraction of sp³-hybridized carbons (Fsp3) is 0.898. The van der Waals surface area contributed by atoms with Crippen LogP contribution < -0.4 is 5.32 Å². The minimum absolute atomic E-state index is 0.0683. The van der Waals surface area contributed by atoms with Crippen LogP contribution in [-0.2, 0) is 42.8 Å². The third-order valence-corrected chi connectivity index (χ3v) is 21.7. The van der Waals surface area contributed by atoms with Crippen molar-refractivity contribution in [3.8, 4) is 0 Å². The van der Waals surface area contributed by atoms with Gasteiger partial charge in [-0.1, -0.05) is 104 Å². The fourth-order valence-electron chi connectivity index (χ4n) is 16.8. The van der Waals surface area contributed by atoms with E-state index in [0.29, 0.717) is 32.1 Å². The number of fused-ring (bicyclic) bond motifs is 7. The third kappa shape index (κ3) is 11.7. The van der Waals surface area contributed by atoms with E-state index in [2.05, 4.69) is 65.0 Å². The summed E-state index contributed by atoms with van der Waals surface area (Å²) < 4.78 is 36.5. The van der Waals surface area contributed by atoms with Gasteiger partial charge in [0, 0.05) is 18.3 Å². The molecule has 0 aromatic carbocycles. The lowest BCUT2D eigenvalue weighted by Crippen LogP contribution is -2.69. The minimum Gasteiger partial charge on any atom is -0.481 e. The number of carbonyl (C=O) groups excluding carboxylic acids is 2. The number of ether oxygens (including phenoxy) is 6. The van der Waals surface area contributed by atoms with E-state index in [-0.39, 0.29) is 59.2 Å². The van der Waals surface area contributed by atoms with Gasteiger partial charge >= 0.3 is 11.9 Å². The van der Waals surface area contributed by atoms with E-state index in [4.69, 9.17) is 33.5 Å². The Morgan fingerprint density at radius 3 is 2.01 bits per heavy atom. The minimum atomic E-state index is -1.93. The molecule has 0 bridgehead atoms. The van der Waals surface area contributed by atoms with Crippen LogP contribution in [0.5, 0.6) is 0 Å². The SMILES string of the molecule is C[C@@H]1O[C@@H](O[C@H]2[C@H](OC(=O)[C@]34CCC(C)(C)C[C@H]3C3=CC[C@@H]5[C@@]6(C)CC/C(=N/O)C(C)(C)[C@@H]6CC[C@@]5(C)[C@]3(C)C[C@H]4O)O[C@H](CO)[C@H](NC(=O)CCCCCCCCCCC(=O)O)[C@@H]2O)[C@H](O)[C@H](O)[C@H]1O[C@@H]1OC[C@@H](O)[C@H](O)[C@H]1O. The molecule has 80 heavy (non-hydrogen) atoms. The molecule has 1 amide bonds. The molecule has 0 radical (unpaired) electrons. The molecule has 8 aliphatic rings. The zero-order chi connectivity index (χ0) is 58.5. The first-order valence-corrected chi connectivity index (χ1v) is 29.9. The fourth-order valence-corrected chi connectivity index (χ4v) is 16.8. The summed E-state index contributed by atoms with van der Waals surface area (Å²) >= 11 is 0. The summed E-state index contributed by atoms with van der Waals surface area (Å²) in [7, 11) is 0. The van der Waals surface area contributed by atoms with Crippen LogP contribution in [0.2, 0.25) is 0 Å². The summed E-state index contributed by atoms with van der Waals surface area (Å²) in [4.78, 5) is 40.1. The van der Waals surface area contributed by atoms with Crippen LogP contribution in [-0.4, -0.2) is 180 Å². The van der Waals surface area contributed by atoms with E-state index in [0.717, 1.165) is 75.5 Å². The lowest BCUT2D eigenvalue weighted by atomic mass is 9.33. The first-order valence-electron chi connectivity index (χ1n) is 29.9. The second-order valence-electron chi connectivity index (χ2n) is 27.3. The third-order valence-electron chi connectivity index (χ3n) is 21.7. The van der Waals surface area contributed by atoms with Crippen LogP contribution in [0.15, 0.2) is 16.8 Å². The van der Waals surface area contributed by atoms with Crippen molar-refractivity contribution in [1.82, 2.24) is 5.32 Å². The molecule has 0 unspecified atom stereocenters. The quantitative estimate of drug-likeness (QED) is 0.0281. The van der Waals surface area contributed by atoms with Crippen molar-refractivity contribution in [3.63, 3.8) is 0 Å². The number of nitrogens with zero attached hydrogens (tertiary/aromatic N) is 1. The molecule has 3 heterocycles. The molecule has 11 N–H and O–H groups in total. The topological polar surface area (TPSA) is 333 Å². The second kappa shape index (κ2) is 24.6. The smallest absolute Gasteiger partial charge is 0.317 e. The number of carbonyl (C=O) groups is 3. The summed E-state index contributed by atoms with van der Waals surface area (Å²) in [5.74, 6) is -2.03. The van der Waals surface area contributed by atoms with Crippen LogP contribution in [0.1, 0.15) is 177 Å². The molecule has 0 spiro atoms. The molecule has 0 aromatic rings. The first-order chi connectivity index (χ1) is 37.6. The molecule has 21 heteroatoms. The van der Waals surface area contributed by atoms with Gasteiger partial charge in [-0.3, -0.25) is 14.4 Å². The maximum absolute atomic E-state index is 15.7. The van der Waals surface area contributed by atoms with Crippen molar-refractivity contribution in [2.45, 2.75) is 269 Å². The number of rotatable bonds is 19. The predicted octanol–water partition coefficient (Wildman–Crippen LogP) is 4.36. The summed E-state index contributed by atoms with van der Waals surface area (Å²) in [5.41, 5.74) is -0.986. The number of esters is 1. The number of hydrogen-bond donors (Lipinski definition) is 11. The Balaban J connectivity index is 1.04. The molecule has 3 aliphatic heterocycles. The number of nitrogens with one attached hydrogen (secondary N) is 1. The summed E-state index contributed by atoms with van der Waals surface area (Å²) in [6.45, 7) is 16.1. The highest BCUT2D eigenvalue weighted by atomic mass is 16.8. The number of allylic oxidation sites excluding steroid dienone is 2. The Morgan fingerprint density at radius 1 is 0.725 bits per heavy atom. The van der Waals surface area contributed by atoms with Crippen LogP contribution >= 0.6 is 0 Å². The standard InChI is InChI=1S/C59H96N2O19/c1-31-48(78-50-46(71)43(68)34(63)30-75-50)45(70)47(72)51(76-31)79-49-44(69)42(60-40(65)17-15-13-11-9-10-12-14-16-18-41(66)67)35(29-62)77-52(49)80-53(73)59-26-25-54(2,3)27-33(59)32-19-20-37-56(6)23-22-38(61-74)55(4,5)36(56)21-24-57(37,7)58(32,8)28-39(59)64/h19,31,33-37,39,42-52,62-64,68-72,74H,9-18,20-30H2,1-8H3,(H,60,65)(H,66,67)/b61-38-/t31-,33-,34+,35+,36-,37+,39+,42-,43-,44-,45-,46+,47+,48-,49+,50-,51-,52-,56-,57+,58+,59+/m0/s1. The number of aliphatic carboxylic acids is 1. The van der Waals surface area contributed by atoms with Crippen molar-refractivity contribution in [1.29, 1.82) is 0 Å². The molecule has 456 valence electrons. The number of aliphatic hydroxyl groups is 8. The lowest BCUT2D eigenvalue weighted by Gasteiger charge is -2.71. The maximum Gasteiger partial charge on any atom is 0.317 e. The number of carboxylic acids is 1. The van der Waals surface area contributed by atoms with Gasteiger partial charge in [-0.25, -0.2) is 0 Å². The predicted molar refractivity (Wildman–Crippen MR) is 287 cm³/mol. The Bertz CT molecular complexity index is 2250. The number of amides is 1. The monoisotopic (exact) mass is 1140 g/mol. The molecule has 7 fully saturated rings. The van der Waals surface area contributed by atoms with Crippen LogP contribution in [0, 0.1) is 50.2 Å². The van der Waals surface area contributed by atoms with E-state index < -0.39 is 140 Å². The van der Waals surface area contributed by atoms with Crippen molar-refractivity contribution < 1.29 is 94.0 Å². The van der Waals surface area contributed by atoms with Crippen molar-refractivity contribution >= 4 is 23.6 Å². The van der Waals surface area contributed by atoms with Gasteiger partial charge in [-0.05, 0) is 117 Å². The normalized spacial score (nSPS) is 45.5. The highest BCUT2D eigenvalue weighted by molar-refractivity contribution is 5.90. The van der Waals surface area contributed by atoms with Gasteiger partial charge in [0.1, 0.15) is 54.2 Å². The van der Waals surface area contributed by atoms with E-state index in [1.54, 1.807) is 0 Å². The van der Waals surface area contributed by atoms with Crippen LogP contribution in [0.4, 0.5) is 0 Å². The molecule has 0 aromatic heterocycles. The average Bonchev–Trinajstić information content (AvgIpc) is 3.29. The maximum atomic E-state index is 15.7. The lowest BCUT2D eigenvalue weighted by molar-refractivity contribution is -0.370. The Kier molecular flexibility index (Phi) is 19.4. The number of oxime groups is 1. The van der Waals surface area contributed by atoms with Crippen LogP contribution in [0.3, 0.4) is 0 Å². The average molecular weight is 1140 g/mol. The zero-order valence-corrected chi connectivity index (χ0v) is 48.4. The number of aliphatic hydroxyl groups excluding tert-OH is 8. The van der Waals surface area contributed by atoms with Gasteiger partial charge in [0.25, 0.3) is 0 Å². The molecule has 21 nitrogen and oxygen atoms in total. The number of hydrogen-bond acceptors (Lipinski definition) is 19. The summed E-state index contributed by atoms with van der Waals surface area (Å²) in [5, 5.41) is 116. The Morgan fingerprint density at radius 2 is 1.36 bits per heavy atom. The van der Waals surface area contributed by atoms with E-state index in [9.17, 15) is 55.6 Å². The molecule has 3 saturated heterocycles. The molecular formula is C59H96N2O19.